The van der Waals surface area contributed by atoms with Crippen molar-refractivity contribution in [2.45, 2.75) is 39.3 Å². The Morgan fingerprint density at radius 3 is 2.70 bits per heavy atom. The van der Waals surface area contributed by atoms with Crippen LogP contribution in [0.15, 0.2) is 42.5 Å². The minimum Gasteiger partial charge on any atom is -0.334 e. The molecule has 3 amide bonds. The molecule has 1 atom stereocenters. The highest BCUT2D eigenvalue weighted by Crippen LogP contribution is 2.31. The lowest BCUT2D eigenvalue weighted by atomic mass is 9.99. The highest BCUT2D eigenvalue weighted by Gasteiger charge is 2.38. The smallest absolute Gasteiger partial charge is 0.261 e. The van der Waals surface area contributed by atoms with E-state index in [-0.39, 0.29) is 23.8 Å². The van der Waals surface area contributed by atoms with Crippen LogP contribution in [-0.4, -0.2) is 50.3 Å². The molecular weight excluding hydrogens is 440 g/mol. The first-order chi connectivity index (χ1) is 15.9. The number of halogens is 1. The Balaban J connectivity index is 1.42. The number of carbonyl (C=O) groups excluding carboxylic acids is 3. The van der Waals surface area contributed by atoms with Crippen molar-refractivity contribution < 1.29 is 14.4 Å². The highest BCUT2D eigenvalue weighted by atomic mass is 35.5. The molecule has 0 radical (unpaired) electrons. The normalized spacial score (nSPS) is 16.1. The maximum Gasteiger partial charge on any atom is 0.261 e. The standard InChI is InChI=1S/C25H23ClN4O3/c1-3-14(2)30-24(32)18-8-7-16(12-19(18)25(30)33)23(31)29-10-9-21-20(13-29)22(28-27-21)15-5-4-6-17(26)11-15/h4-8,11-12,14H,3,9-10,13H2,1-2H3,(H,27,28). The lowest BCUT2D eigenvalue weighted by molar-refractivity contribution is 0.0593. The van der Waals surface area contributed by atoms with Gasteiger partial charge in [0.15, 0.2) is 0 Å². The Morgan fingerprint density at radius 2 is 1.94 bits per heavy atom. The van der Waals surface area contributed by atoms with Crippen molar-refractivity contribution >= 4 is 29.3 Å². The molecule has 168 valence electrons. The summed E-state index contributed by atoms with van der Waals surface area (Å²) in [7, 11) is 0. The Morgan fingerprint density at radius 1 is 1.15 bits per heavy atom. The van der Waals surface area contributed by atoms with E-state index in [4.69, 9.17) is 11.6 Å². The fraction of sp³-hybridized carbons (Fsp3) is 0.280. The molecule has 7 nitrogen and oxygen atoms in total. The Bertz CT molecular complexity index is 1300. The summed E-state index contributed by atoms with van der Waals surface area (Å²) < 4.78 is 0. The van der Waals surface area contributed by atoms with Crippen LogP contribution >= 0.6 is 11.6 Å². The van der Waals surface area contributed by atoms with E-state index in [0.717, 1.165) is 22.5 Å². The van der Waals surface area contributed by atoms with Crippen LogP contribution in [0.3, 0.4) is 0 Å². The van der Waals surface area contributed by atoms with Gasteiger partial charge in [0.2, 0.25) is 0 Å². The molecule has 2 aromatic carbocycles. The van der Waals surface area contributed by atoms with E-state index in [1.807, 2.05) is 38.1 Å². The largest absolute Gasteiger partial charge is 0.334 e. The van der Waals surface area contributed by atoms with Crippen molar-refractivity contribution in [3.63, 3.8) is 0 Å². The van der Waals surface area contributed by atoms with Gasteiger partial charge in [-0.3, -0.25) is 24.4 Å². The summed E-state index contributed by atoms with van der Waals surface area (Å²) in [6.45, 7) is 4.71. The average molecular weight is 463 g/mol. The van der Waals surface area contributed by atoms with Crippen LogP contribution in [0.4, 0.5) is 0 Å². The van der Waals surface area contributed by atoms with Gasteiger partial charge in [-0.15, -0.1) is 0 Å². The number of rotatable bonds is 4. The lowest BCUT2D eigenvalue weighted by Gasteiger charge is -2.27. The molecule has 3 aromatic rings. The third-order valence-electron chi connectivity index (χ3n) is 6.52. The highest BCUT2D eigenvalue weighted by molar-refractivity contribution is 6.30. The van der Waals surface area contributed by atoms with Gasteiger partial charge in [-0.05, 0) is 43.7 Å². The molecule has 1 unspecified atom stereocenters. The van der Waals surface area contributed by atoms with E-state index in [0.29, 0.717) is 47.6 Å². The van der Waals surface area contributed by atoms with Crippen LogP contribution in [0.2, 0.25) is 5.02 Å². The molecule has 1 N–H and O–H groups in total. The molecule has 8 heteroatoms. The van der Waals surface area contributed by atoms with E-state index >= 15 is 0 Å². The first kappa shape index (κ1) is 21.4. The number of benzene rings is 2. The Kier molecular flexibility index (Phi) is 5.29. The summed E-state index contributed by atoms with van der Waals surface area (Å²) in [5.41, 5.74) is 4.70. The number of hydrogen-bond donors (Lipinski definition) is 1. The fourth-order valence-electron chi connectivity index (χ4n) is 4.50. The van der Waals surface area contributed by atoms with Gasteiger partial charge in [0.1, 0.15) is 0 Å². The van der Waals surface area contributed by atoms with Crippen molar-refractivity contribution in [1.29, 1.82) is 0 Å². The second kappa shape index (κ2) is 8.15. The van der Waals surface area contributed by atoms with Gasteiger partial charge in [-0.1, -0.05) is 30.7 Å². The van der Waals surface area contributed by atoms with Crippen LogP contribution in [0, 0.1) is 0 Å². The van der Waals surface area contributed by atoms with Crippen LogP contribution < -0.4 is 0 Å². The third kappa shape index (κ3) is 3.53. The van der Waals surface area contributed by atoms with Crippen LogP contribution in [0.5, 0.6) is 0 Å². The number of fused-ring (bicyclic) bond motifs is 2. The first-order valence-corrected chi connectivity index (χ1v) is 11.4. The minimum absolute atomic E-state index is 0.177. The summed E-state index contributed by atoms with van der Waals surface area (Å²) in [5.74, 6) is -0.808. The monoisotopic (exact) mass is 462 g/mol. The first-order valence-electron chi connectivity index (χ1n) is 11.0. The van der Waals surface area contributed by atoms with E-state index < -0.39 is 0 Å². The zero-order chi connectivity index (χ0) is 23.3. The number of hydrogen-bond acceptors (Lipinski definition) is 4. The zero-order valence-electron chi connectivity index (χ0n) is 18.4. The predicted molar refractivity (Wildman–Crippen MR) is 124 cm³/mol. The van der Waals surface area contributed by atoms with Crippen molar-refractivity contribution in [1.82, 2.24) is 20.0 Å². The fourth-order valence-corrected chi connectivity index (χ4v) is 4.69. The Hall–Kier alpha value is -3.45. The van der Waals surface area contributed by atoms with E-state index in [9.17, 15) is 14.4 Å². The zero-order valence-corrected chi connectivity index (χ0v) is 19.1. The number of imide groups is 1. The molecule has 5 rings (SSSR count). The Labute approximate surface area is 196 Å². The topological polar surface area (TPSA) is 86.4 Å². The quantitative estimate of drug-likeness (QED) is 0.585. The van der Waals surface area contributed by atoms with Crippen molar-refractivity contribution in [2.24, 2.45) is 0 Å². The van der Waals surface area contributed by atoms with Crippen molar-refractivity contribution in [3.8, 4) is 11.3 Å². The summed E-state index contributed by atoms with van der Waals surface area (Å²) in [6.07, 6.45) is 1.33. The molecule has 0 saturated carbocycles. The average Bonchev–Trinajstić information content (AvgIpc) is 3.36. The van der Waals surface area contributed by atoms with Crippen molar-refractivity contribution in [2.75, 3.05) is 6.54 Å². The third-order valence-corrected chi connectivity index (χ3v) is 6.75. The van der Waals surface area contributed by atoms with Gasteiger partial charge >= 0.3 is 0 Å². The molecule has 1 aromatic heterocycles. The number of aromatic nitrogens is 2. The minimum atomic E-state index is -0.335. The molecule has 2 aliphatic heterocycles. The van der Waals surface area contributed by atoms with Crippen LogP contribution in [-0.2, 0) is 13.0 Å². The molecule has 0 fully saturated rings. The van der Waals surface area contributed by atoms with Gasteiger partial charge in [0.05, 0.1) is 16.8 Å². The van der Waals surface area contributed by atoms with Crippen molar-refractivity contribution in [3.05, 3.63) is 75.4 Å². The molecule has 0 saturated heterocycles. The summed E-state index contributed by atoms with van der Waals surface area (Å²) >= 11 is 6.15. The molecule has 0 bridgehead atoms. The molecule has 0 spiro atoms. The number of nitrogens with one attached hydrogen (secondary N) is 1. The molecule has 2 aliphatic rings. The molecule has 3 heterocycles. The van der Waals surface area contributed by atoms with Gasteiger partial charge in [0.25, 0.3) is 17.7 Å². The molecular formula is C25H23ClN4O3. The number of carbonyl (C=O) groups is 3. The van der Waals surface area contributed by atoms with Gasteiger partial charge in [-0.2, -0.15) is 5.10 Å². The van der Waals surface area contributed by atoms with Crippen LogP contribution in [0.1, 0.15) is 62.6 Å². The second-order valence-electron chi connectivity index (χ2n) is 8.51. The van der Waals surface area contributed by atoms with Gasteiger partial charge in [-0.25, -0.2) is 0 Å². The van der Waals surface area contributed by atoms with Gasteiger partial charge in [0, 0.05) is 53.0 Å². The SMILES string of the molecule is CCC(C)N1C(=O)c2ccc(C(=O)N3CCc4[nH]nc(-c5cccc(Cl)c5)c4C3)cc2C1=O. The number of aromatic amines is 1. The van der Waals surface area contributed by atoms with E-state index in [2.05, 4.69) is 10.2 Å². The van der Waals surface area contributed by atoms with E-state index in [1.165, 1.54) is 4.90 Å². The summed E-state index contributed by atoms with van der Waals surface area (Å²) in [4.78, 5) is 42.0. The summed E-state index contributed by atoms with van der Waals surface area (Å²) in [5, 5.41) is 8.18. The molecule has 33 heavy (non-hydrogen) atoms. The maximum absolute atomic E-state index is 13.4. The molecule has 0 aliphatic carbocycles. The number of H-pyrrole nitrogens is 1. The number of amides is 3. The maximum atomic E-state index is 13.4. The van der Waals surface area contributed by atoms with E-state index in [1.54, 1.807) is 23.1 Å². The summed E-state index contributed by atoms with van der Waals surface area (Å²) in [6, 6.07) is 12.1. The number of nitrogens with zero attached hydrogens (tertiary/aromatic N) is 3. The van der Waals surface area contributed by atoms with Crippen LogP contribution in [0.25, 0.3) is 11.3 Å². The van der Waals surface area contributed by atoms with Gasteiger partial charge < -0.3 is 4.90 Å². The predicted octanol–water partition coefficient (Wildman–Crippen LogP) is 4.32. The lowest BCUT2D eigenvalue weighted by Crippen LogP contribution is -2.37. The second-order valence-corrected chi connectivity index (χ2v) is 8.95.